The van der Waals surface area contributed by atoms with Gasteiger partial charge in [-0.05, 0) is 25.7 Å². The third kappa shape index (κ3) is 54.9. The Morgan fingerprint density at radius 3 is 0.859 bits per heavy atom. The van der Waals surface area contributed by atoms with Crippen molar-refractivity contribution in [3.05, 3.63) is 0 Å². The molecule has 0 aliphatic rings. The zero-order valence-electron chi connectivity index (χ0n) is 48.7. The lowest BCUT2D eigenvalue weighted by Gasteiger charge is -2.24. The molecule has 6 heteroatoms. The number of carbonyl (C=O) groups excluding carboxylic acids is 2. The molecule has 0 radical (unpaired) electrons. The Balaban J connectivity index is 4.45. The van der Waals surface area contributed by atoms with Gasteiger partial charge in [0.05, 0.1) is 25.2 Å². The molecule has 3 unspecified atom stereocenters. The minimum Gasteiger partial charge on any atom is -0.462 e. The summed E-state index contributed by atoms with van der Waals surface area (Å²) < 4.78 is 6.00. The van der Waals surface area contributed by atoms with Crippen LogP contribution in [0.2, 0.25) is 0 Å². The molecule has 0 bridgehead atoms. The maximum absolute atomic E-state index is 13.3. The van der Waals surface area contributed by atoms with Crippen molar-refractivity contribution >= 4 is 11.9 Å². The molecule has 0 heterocycles. The largest absolute Gasteiger partial charge is 0.462 e. The molecule has 0 spiro atoms. The van der Waals surface area contributed by atoms with Gasteiger partial charge >= 0.3 is 5.97 Å². The highest BCUT2D eigenvalue weighted by atomic mass is 16.5. The molecule has 3 atom stereocenters. The third-order valence-corrected chi connectivity index (χ3v) is 15.7. The third-order valence-electron chi connectivity index (χ3n) is 15.7. The summed E-state index contributed by atoms with van der Waals surface area (Å²) in [5.41, 5.74) is 0. The Kier molecular flexibility index (Phi) is 58.8. The number of ether oxygens (including phenoxy) is 1. The molecule has 3 N–H and O–H groups in total. The van der Waals surface area contributed by atoms with E-state index in [9.17, 15) is 19.8 Å². The van der Waals surface area contributed by atoms with Gasteiger partial charge in [0.15, 0.2) is 0 Å². The van der Waals surface area contributed by atoms with Crippen molar-refractivity contribution in [1.29, 1.82) is 0 Å². The maximum atomic E-state index is 13.3. The highest BCUT2D eigenvalue weighted by molar-refractivity contribution is 5.77. The zero-order valence-corrected chi connectivity index (χ0v) is 48.7. The van der Waals surface area contributed by atoms with Crippen LogP contribution in [0.4, 0.5) is 0 Å². The second kappa shape index (κ2) is 59.7. The number of carbonyl (C=O) groups is 2. The minimum absolute atomic E-state index is 0.0893. The molecule has 0 aromatic carbocycles. The fraction of sp³-hybridized carbons (Fsp3) is 0.969. The fourth-order valence-electron chi connectivity index (χ4n) is 10.7. The van der Waals surface area contributed by atoms with Crippen molar-refractivity contribution in [2.24, 2.45) is 0 Å². The number of aliphatic hydroxyl groups excluding tert-OH is 2. The number of hydrogen-bond donors (Lipinski definition) is 3. The first-order valence-electron chi connectivity index (χ1n) is 32.8. The van der Waals surface area contributed by atoms with E-state index in [0.717, 1.165) is 38.5 Å². The van der Waals surface area contributed by atoms with Crippen LogP contribution < -0.4 is 5.32 Å². The van der Waals surface area contributed by atoms with E-state index in [0.29, 0.717) is 19.3 Å². The van der Waals surface area contributed by atoms with Crippen molar-refractivity contribution in [3.63, 3.8) is 0 Å². The first kappa shape index (κ1) is 69.9. The van der Waals surface area contributed by atoms with E-state index in [2.05, 4.69) is 26.1 Å². The van der Waals surface area contributed by atoms with Crippen molar-refractivity contribution in [3.8, 4) is 0 Å². The average Bonchev–Trinajstić information content (AvgIpc) is 3.36. The second-order valence-electron chi connectivity index (χ2n) is 22.9. The molecule has 0 aliphatic heterocycles. The molecule has 0 rings (SSSR count). The molecular formula is C65H129NO5. The quantitative estimate of drug-likeness (QED) is 0.0417. The van der Waals surface area contributed by atoms with Crippen molar-refractivity contribution in [2.45, 2.75) is 399 Å². The van der Waals surface area contributed by atoms with Gasteiger partial charge in [0, 0.05) is 6.42 Å². The topological polar surface area (TPSA) is 95.9 Å². The smallest absolute Gasteiger partial charge is 0.306 e. The summed E-state index contributed by atoms with van der Waals surface area (Å²) in [6, 6.07) is -0.694. The van der Waals surface area contributed by atoms with E-state index in [1.165, 1.54) is 295 Å². The summed E-state index contributed by atoms with van der Waals surface area (Å²) >= 11 is 0. The normalized spacial score (nSPS) is 12.9. The van der Waals surface area contributed by atoms with Crippen LogP contribution in [0.5, 0.6) is 0 Å². The van der Waals surface area contributed by atoms with Gasteiger partial charge in [-0.25, -0.2) is 0 Å². The van der Waals surface area contributed by atoms with Crippen LogP contribution >= 0.6 is 0 Å². The number of nitrogens with one attached hydrogen (secondary N) is 1. The van der Waals surface area contributed by atoms with Crippen LogP contribution in [-0.2, 0) is 14.3 Å². The van der Waals surface area contributed by atoms with E-state index in [4.69, 9.17) is 4.74 Å². The lowest BCUT2D eigenvalue weighted by Crippen LogP contribution is -2.46. The second-order valence-corrected chi connectivity index (χ2v) is 22.9. The van der Waals surface area contributed by atoms with E-state index in [1.807, 2.05) is 0 Å². The molecule has 6 nitrogen and oxygen atoms in total. The van der Waals surface area contributed by atoms with E-state index in [-0.39, 0.29) is 24.9 Å². The molecule has 1 amide bonds. The van der Waals surface area contributed by atoms with Crippen molar-refractivity contribution < 1.29 is 24.5 Å². The van der Waals surface area contributed by atoms with Gasteiger partial charge < -0.3 is 20.3 Å². The summed E-state index contributed by atoms with van der Waals surface area (Å²) in [6.45, 7) is 6.56. The molecule has 0 aromatic rings. The molecule has 0 aromatic heterocycles. The maximum Gasteiger partial charge on any atom is 0.306 e. The van der Waals surface area contributed by atoms with Crippen molar-refractivity contribution in [1.82, 2.24) is 5.32 Å². The number of esters is 1. The lowest BCUT2D eigenvalue weighted by molar-refractivity contribution is -0.151. The Bertz CT molecular complexity index is 1040. The first-order valence-corrected chi connectivity index (χ1v) is 32.8. The van der Waals surface area contributed by atoms with Crippen LogP contribution in [-0.4, -0.2) is 46.9 Å². The fourth-order valence-corrected chi connectivity index (χ4v) is 10.7. The van der Waals surface area contributed by atoms with Crippen LogP contribution in [0, 0.1) is 0 Å². The van der Waals surface area contributed by atoms with Gasteiger partial charge in [-0.1, -0.05) is 342 Å². The molecular weight excluding hydrogens is 875 g/mol. The number of hydrogen-bond acceptors (Lipinski definition) is 5. The summed E-state index contributed by atoms with van der Waals surface area (Å²) in [6.07, 6.45) is 69.0. The van der Waals surface area contributed by atoms with Crippen LogP contribution in [0.15, 0.2) is 0 Å². The van der Waals surface area contributed by atoms with Gasteiger partial charge in [0.2, 0.25) is 5.91 Å². The Hall–Kier alpha value is -1.14. The molecule has 424 valence electrons. The Morgan fingerprint density at radius 2 is 0.592 bits per heavy atom. The molecule has 0 aliphatic carbocycles. The summed E-state index contributed by atoms with van der Waals surface area (Å²) in [5.74, 6) is -0.438. The number of rotatable bonds is 61. The standard InChI is InChI=1S/C65H129NO5/c1-4-7-10-13-16-19-22-25-28-31-32-34-37-40-43-46-49-52-55-58-65(70)71-61(56-53-50-47-44-41-38-35-33-29-26-23-20-17-14-11-8-5-2)59-64(69)66-62(60-67)63(68)57-54-51-48-45-42-39-36-30-27-24-21-18-15-12-9-6-3/h61-63,67-68H,4-60H2,1-3H3,(H,66,69). The van der Waals surface area contributed by atoms with Crippen LogP contribution in [0.3, 0.4) is 0 Å². The number of amides is 1. The minimum atomic E-state index is -0.781. The molecule has 0 saturated heterocycles. The predicted octanol–water partition coefficient (Wildman–Crippen LogP) is 20.6. The van der Waals surface area contributed by atoms with Crippen LogP contribution in [0.1, 0.15) is 380 Å². The molecule has 0 fully saturated rings. The van der Waals surface area contributed by atoms with E-state index < -0.39 is 18.2 Å². The molecule has 0 saturated carbocycles. The number of aliphatic hydroxyl groups is 2. The number of unbranched alkanes of at least 4 members (excludes halogenated alkanes) is 49. The van der Waals surface area contributed by atoms with E-state index in [1.54, 1.807) is 0 Å². The van der Waals surface area contributed by atoms with Gasteiger partial charge in [-0.2, -0.15) is 0 Å². The van der Waals surface area contributed by atoms with Crippen molar-refractivity contribution in [2.75, 3.05) is 6.61 Å². The van der Waals surface area contributed by atoms with Gasteiger partial charge in [0.1, 0.15) is 6.10 Å². The monoisotopic (exact) mass is 1000 g/mol. The zero-order chi connectivity index (χ0) is 51.6. The SMILES string of the molecule is CCCCCCCCCCCCCCCCCCCCCC(=O)OC(CCCCCCCCCCCCCCCCCCC)CC(=O)NC(CO)C(O)CCCCCCCCCCCCCCCCCC. The summed E-state index contributed by atoms with van der Waals surface area (Å²) in [7, 11) is 0. The van der Waals surface area contributed by atoms with Gasteiger partial charge in [0.25, 0.3) is 0 Å². The average molecular weight is 1000 g/mol. The van der Waals surface area contributed by atoms with Gasteiger partial charge in [-0.3, -0.25) is 9.59 Å². The first-order chi connectivity index (χ1) is 35.0. The highest BCUT2D eigenvalue weighted by Crippen LogP contribution is 2.20. The van der Waals surface area contributed by atoms with Crippen LogP contribution in [0.25, 0.3) is 0 Å². The molecule has 71 heavy (non-hydrogen) atoms. The summed E-state index contributed by atoms with van der Waals surface area (Å²) in [5, 5.41) is 24.0. The highest BCUT2D eigenvalue weighted by Gasteiger charge is 2.24. The Labute approximate surface area is 445 Å². The predicted molar refractivity (Wildman–Crippen MR) is 310 cm³/mol. The summed E-state index contributed by atoms with van der Waals surface area (Å²) in [4.78, 5) is 26.4. The van der Waals surface area contributed by atoms with Gasteiger partial charge in [-0.15, -0.1) is 0 Å². The Morgan fingerprint density at radius 1 is 0.352 bits per heavy atom. The lowest BCUT2D eigenvalue weighted by atomic mass is 10.0. The van der Waals surface area contributed by atoms with E-state index >= 15 is 0 Å².